The molecule has 0 bridgehead atoms. The molecular weight excluding hydrogens is 246 g/mol. The van der Waals surface area contributed by atoms with Crippen LogP contribution in [0, 0.1) is 17.0 Å². The van der Waals surface area contributed by atoms with Crippen molar-refractivity contribution in [3.63, 3.8) is 0 Å². The number of aryl methyl sites for hydroxylation is 1. The molecule has 6 nitrogen and oxygen atoms in total. The summed E-state index contributed by atoms with van der Waals surface area (Å²) in [7, 11) is 0. The lowest BCUT2D eigenvalue weighted by molar-refractivity contribution is -0.383. The van der Waals surface area contributed by atoms with E-state index in [1.54, 1.807) is 6.07 Å². The Kier molecular flexibility index (Phi) is 3.61. The minimum atomic E-state index is -0.448. The number of hydrogen-bond acceptors (Lipinski definition) is 5. The van der Waals surface area contributed by atoms with E-state index in [9.17, 15) is 10.1 Å². The van der Waals surface area contributed by atoms with E-state index in [1.165, 1.54) is 6.07 Å². The van der Waals surface area contributed by atoms with Crippen molar-refractivity contribution in [1.82, 2.24) is 0 Å². The molecule has 1 aromatic rings. The van der Waals surface area contributed by atoms with Crippen LogP contribution in [-0.2, 0) is 4.74 Å². The van der Waals surface area contributed by atoms with Crippen LogP contribution in [0.2, 0.25) is 0 Å². The van der Waals surface area contributed by atoms with Gasteiger partial charge in [0.2, 0.25) is 0 Å². The average molecular weight is 265 g/mol. The molecule has 19 heavy (non-hydrogen) atoms. The Morgan fingerprint density at radius 3 is 2.47 bits per heavy atom. The van der Waals surface area contributed by atoms with E-state index in [4.69, 9.17) is 10.5 Å². The van der Waals surface area contributed by atoms with Crippen LogP contribution in [0.15, 0.2) is 12.1 Å². The number of ether oxygens (including phenoxy) is 1. The van der Waals surface area contributed by atoms with Gasteiger partial charge in [-0.15, -0.1) is 0 Å². The van der Waals surface area contributed by atoms with Crippen LogP contribution in [0.25, 0.3) is 0 Å². The van der Waals surface area contributed by atoms with Crippen molar-refractivity contribution >= 4 is 17.1 Å². The third kappa shape index (κ3) is 2.78. The smallest absolute Gasteiger partial charge is 0.292 e. The molecule has 0 unspecified atom stereocenters. The Balaban J connectivity index is 2.35. The molecule has 1 saturated heterocycles. The maximum atomic E-state index is 10.9. The number of morpholine rings is 1. The summed E-state index contributed by atoms with van der Waals surface area (Å²) >= 11 is 0. The topological polar surface area (TPSA) is 81.6 Å². The third-order valence-corrected chi connectivity index (χ3v) is 3.30. The van der Waals surface area contributed by atoms with E-state index in [0.717, 1.165) is 24.3 Å². The molecule has 2 atom stereocenters. The van der Waals surface area contributed by atoms with Crippen molar-refractivity contribution in [2.24, 2.45) is 0 Å². The monoisotopic (exact) mass is 265 g/mol. The molecule has 0 aliphatic carbocycles. The fourth-order valence-electron chi connectivity index (χ4n) is 2.57. The van der Waals surface area contributed by atoms with Crippen molar-refractivity contribution in [1.29, 1.82) is 0 Å². The quantitative estimate of drug-likeness (QED) is 0.503. The molecule has 2 N–H and O–H groups in total. The zero-order valence-corrected chi connectivity index (χ0v) is 11.4. The highest BCUT2D eigenvalue weighted by Gasteiger charge is 2.25. The molecule has 1 heterocycles. The van der Waals surface area contributed by atoms with Crippen molar-refractivity contribution < 1.29 is 9.66 Å². The van der Waals surface area contributed by atoms with E-state index < -0.39 is 4.92 Å². The second-order valence-corrected chi connectivity index (χ2v) is 5.12. The lowest BCUT2D eigenvalue weighted by Gasteiger charge is -2.37. The number of nitrogens with two attached hydrogens (primary N) is 1. The molecule has 104 valence electrons. The first-order chi connectivity index (χ1) is 8.88. The zero-order valence-electron chi connectivity index (χ0n) is 11.4. The standard InChI is InChI=1S/C13H19N3O3/c1-8-4-13(16(17)18)11(14)5-12(8)15-6-9(2)19-10(3)7-15/h4-5,9-10H,6-7,14H2,1-3H3/t9-,10-/m1/s1. The minimum absolute atomic E-state index is 0.0318. The Bertz CT molecular complexity index is 494. The third-order valence-electron chi connectivity index (χ3n) is 3.30. The number of rotatable bonds is 2. The summed E-state index contributed by atoms with van der Waals surface area (Å²) in [6, 6.07) is 3.23. The van der Waals surface area contributed by atoms with Gasteiger partial charge in [0.15, 0.2) is 0 Å². The second-order valence-electron chi connectivity index (χ2n) is 5.12. The van der Waals surface area contributed by atoms with Crippen LogP contribution >= 0.6 is 0 Å². The van der Waals surface area contributed by atoms with Crippen LogP contribution in [-0.4, -0.2) is 30.2 Å². The molecule has 0 spiro atoms. The van der Waals surface area contributed by atoms with Crippen LogP contribution < -0.4 is 10.6 Å². The van der Waals surface area contributed by atoms with Gasteiger partial charge < -0.3 is 15.4 Å². The summed E-state index contributed by atoms with van der Waals surface area (Å²) in [6.07, 6.45) is 0.277. The Morgan fingerprint density at radius 1 is 1.37 bits per heavy atom. The number of anilines is 2. The first-order valence-electron chi connectivity index (χ1n) is 6.33. The van der Waals surface area contributed by atoms with Gasteiger partial charge in [-0.05, 0) is 32.4 Å². The molecule has 0 saturated carbocycles. The Hall–Kier alpha value is -1.82. The normalized spacial score (nSPS) is 23.4. The molecule has 0 amide bonds. The summed E-state index contributed by atoms with van der Waals surface area (Å²) in [5, 5.41) is 10.9. The molecule has 1 fully saturated rings. The summed E-state index contributed by atoms with van der Waals surface area (Å²) in [5.74, 6) is 0. The van der Waals surface area contributed by atoms with Crippen molar-refractivity contribution in [2.75, 3.05) is 23.7 Å². The van der Waals surface area contributed by atoms with Gasteiger partial charge in [0.25, 0.3) is 5.69 Å². The maximum absolute atomic E-state index is 10.9. The molecular formula is C13H19N3O3. The van der Waals surface area contributed by atoms with E-state index in [0.29, 0.717) is 0 Å². The SMILES string of the molecule is Cc1cc([N+](=O)[O-])c(N)cc1N1C[C@@H](C)O[C@H](C)C1. The predicted octanol–water partition coefficient (Wildman–Crippen LogP) is 2.10. The van der Waals surface area contributed by atoms with E-state index >= 15 is 0 Å². The fraction of sp³-hybridized carbons (Fsp3) is 0.538. The number of nitrogens with zero attached hydrogens (tertiary/aromatic N) is 2. The Labute approximate surface area is 112 Å². The number of benzene rings is 1. The highest BCUT2D eigenvalue weighted by Crippen LogP contribution is 2.32. The molecule has 6 heteroatoms. The number of nitro groups is 1. The van der Waals surface area contributed by atoms with Crippen LogP contribution in [0.4, 0.5) is 17.1 Å². The van der Waals surface area contributed by atoms with Gasteiger partial charge in [0, 0.05) is 24.8 Å². The van der Waals surface area contributed by atoms with Crippen LogP contribution in [0.5, 0.6) is 0 Å². The van der Waals surface area contributed by atoms with Crippen molar-refractivity contribution in [3.8, 4) is 0 Å². The summed E-state index contributed by atoms with van der Waals surface area (Å²) in [5.41, 5.74) is 7.75. The van der Waals surface area contributed by atoms with E-state index in [2.05, 4.69) is 4.90 Å². The first kappa shape index (κ1) is 13.6. The largest absolute Gasteiger partial charge is 0.393 e. The summed E-state index contributed by atoms with van der Waals surface area (Å²) in [6.45, 7) is 7.44. The van der Waals surface area contributed by atoms with Gasteiger partial charge in [-0.1, -0.05) is 0 Å². The lowest BCUT2D eigenvalue weighted by Crippen LogP contribution is -2.45. The van der Waals surface area contributed by atoms with Crippen LogP contribution in [0.3, 0.4) is 0 Å². The maximum Gasteiger partial charge on any atom is 0.292 e. The highest BCUT2D eigenvalue weighted by atomic mass is 16.6. The van der Waals surface area contributed by atoms with Crippen molar-refractivity contribution in [3.05, 3.63) is 27.8 Å². The highest BCUT2D eigenvalue weighted by molar-refractivity contribution is 5.70. The van der Waals surface area contributed by atoms with Crippen molar-refractivity contribution in [2.45, 2.75) is 33.0 Å². The van der Waals surface area contributed by atoms with Gasteiger partial charge in [0.1, 0.15) is 5.69 Å². The van der Waals surface area contributed by atoms with Gasteiger partial charge in [-0.2, -0.15) is 0 Å². The average Bonchev–Trinajstić information content (AvgIpc) is 2.30. The lowest BCUT2D eigenvalue weighted by atomic mass is 10.1. The van der Waals surface area contributed by atoms with Gasteiger partial charge in [-0.25, -0.2) is 0 Å². The molecule has 1 aliphatic rings. The number of hydrogen-bond donors (Lipinski definition) is 1. The molecule has 0 radical (unpaired) electrons. The van der Waals surface area contributed by atoms with Crippen LogP contribution in [0.1, 0.15) is 19.4 Å². The molecule has 2 rings (SSSR count). The summed E-state index contributed by atoms with van der Waals surface area (Å²) < 4.78 is 5.69. The van der Waals surface area contributed by atoms with E-state index in [-0.39, 0.29) is 23.6 Å². The van der Waals surface area contributed by atoms with Gasteiger partial charge in [0.05, 0.1) is 17.1 Å². The molecule has 1 aromatic carbocycles. The fourth-order valence-corrected chi connectivity index (χ4v) is 2.57. The van der Waals surface area contributed by atoms with E-state index in [1.807, 2.05) is 20.8 Å². The molecule has 0 aromatic heterocycles. The number of nitrogen functional groups attached to an aromatic ring is 1. The number of nitro benzene ring substituents is 1. The molecule has 1 aliphatic heterocycles. The first-order valence-corrected chi connectivity index (χ1v) is 6.33. The van der Waals surface area contributed by atoms with Gasteiger partial charge >= 0.3 is 0 Å². The zero-order chi connectivity index (χ0) is 14.2. The van der Waals surface area contributed by atoms with Gasteiger partial charge in [-0.3, -0.25) is 10.1 Å². The Morgan fingerprint density at radius 2 is 1.95 bits per heavy atom. The minimum Gasteiger partial charge on any atom is -0.393 e. The summed E-state index contributed by atoms with van der Waals surface area (Å²) in [4.78, 5) is 12.6. The predicted molar refractivity (Wildman–Crippen MR) is 74.5 cm³/mol. The second kappa shape index (κ2) is 5.05.